The molecule has 3 unspecified atom stereocenters. The van der Waals surface area contributed by atoms with E-state index in [9.17, 15) is 13.6 Å². The molecule has 0 aromatic rings. The molecule has 1 rings (SSSR count). The van der Waals surface area contributed by atoms with E-state index in [1.807, 2.05) is 0 Å². The highest BCUT2D eigenvalue weighted by Crippen LogP contribution is 2.21. The van der Waals surface area contributed by atoms with Crippen molar-refractivity contribution in [1.29, 1.82) is 0 Å². The van der Waals surface area contributed by atoms with Gasteiger partial charge >= 0.3 is 5.97 Å². The second-order valence-corrected chi connectivity index (χ2v) is 6.07. The molecule has 1 heterocycles. The Morgan fingerprint density at radius 3 is 2.69 bits per heavy atom. The Kier molecular flexibility index (Phi) is 4.46. The first-order valence-electron chi connectivity index (χ1n) is 5.29. The number of ether oxygens (including phenoxy) is 1. The van der Waals surface area contributed by atoms with Crippen molar-refractivity contribution in [2.24, 2.45) is 11.3 Å². The molecule has 0 amide bonds. The van der Waals surface area contributed by atoms with E-state index in [-0.39, 0.29) is 23.9 Å². The average Bonchev–Trinajstić information content (AvgIpc) is 2.49. The third-order valence-electron chi connectivity index (χ3n) is 2.42. The molecule has 1 aliphatic heterocycles. The zero-order valence-corrected chi connectivity index (χ0v) is 10.6. The average molecular weight is 248 g/mol. The number of carbonyl (C=O) groups excluding carboxylic acids is 1. The Bertz CT molecular complexity index is 287. The SMILES string of the molecule is CC(C)(C)C(=O)OC1CC(CS(=O)[O-])CN1. The van der Waals surface area contributed by atoms with Gasteiger partial charge in [-0.3, -0.25) is 14.3 Å². The number of carbonyl (C=O) groups is 1. The molecule has 0 aromatic carbocycles. The predicted molar refractivity (Wildman–Crippen MR) is 59.2 cm³/mol. The van der Waals surface area contributed by atoms with Crippen molar-refractivity contribution in [3.63, 3.8) is 0 Å². The van der Waals surface area contributed by atoms with Gasteiger partial charge < -0.3 is 9.29 Å². The van der Waals surface area contributed by atoms with Gasteiger partial charge in [0.1, 0.15) is 0 Å². The van der Waals surface area contributed by atoms with Crippen LogP contribution in [0.4, 0.5) is 0 Å². The summed E-state index contributed by atoms with van der Waals surface area (Å²) in [5, 5.41) is 3.00. The van der Waals surface area contributed by atoms with Gasteiger partial charge in [-0.25, -0.2) is 0 Å². The molecule has 0 radical (unpaired) electrons. The smallest absolute Gasteiger partial charge is 0.312 e. The molecule has 0 aromatic heterocycles. The molecule has 1 fully saturated rings. The van der Waals surface area contributed by atoms with Crippen molar-refractivity contribution in [2.45, 2.75) is 33.4 Å². The first-order chi connectivity index (χ1) is 7.29. The Morgan fingerprint density at radius 1 is 1.56 bits per heavy atom. The highest BCUT2D eigenvalue weighted by molar-refractivity contribution is 7.79. The minimum absolute atomic E-state index is 0.0381. The molecule has 1 saturated heterocycles. The molecule has 3 atom stereocenters. The fourth-order valence-electron chi connectivity index (χ4n) is 1.48. The molecule has 0 aliphatic carbocycles. The molecular formula is C10H18NO4S-. The van der Waals surface area contributed by atoms with Crippen molar-refractivity contribution in [3.8, 4) is 0 Å². The summed E-state index contributed by atoms with van der Waals surface area (Å²) < 4.78 is 26.3. The summed E-state index contributed by atoms with van der Waals surface area (Å²) in [6, 6.07) is 0. The highest BCUT2D eigenvalue weighted by Gasteiger charge is 2.31. The quantitative estimate of drug-likeness (QED) is 0.577. The lowest BCUT2D eigenvalue weighted by Crippen LogP contribution is -2.33. The minimum Gasteiger partial charge on any atom is -0.772 e. The van der Waals surface area contributed by atoms with Gasteiger partial charge in [-0.05, 0) is 26.7 Å². The molecule has 5 nitrogen and oxygen atoms in total. The van der Waals surface area contributed by atoms with E-state index in [2.05, 4.69) is 5.32 Å². The number of esters is 1. The fraction of sp³-hybridized carbons (Fsp3) is 0.900. The Hall–Kier alpha value is -0.460. The Labute approximate surface area is 98.2 Å². The first kappa shape index (κ1) is 13.6. The number of hydrogen-bond acceptors (Lipinski definition) is 5. The van der Waals surface area contributed by atoms with Crippen LogP contribution in [0.25, 0.3) is 0 Å². The maximum absolute atomic E-state index is 11.6. The van der Waals surface area contributed by atoms with Crippen LogP contribution in [-0.2, 0) is 20.6 Å². The van der Waals surface area contributed by atoms with Gasteiger partial charge in [-0.15, -0.1) is 0 Å². The molecule has 0 bridgehead atoms. The summed E-state index contributed by atoms with van der Waals surface area (Å²) in [5.74, 6) is -0.110. The topological polar surface area (TPSA) is 78.5 Å². The lowest BCUT2D eigenvalue weighted by Gasteiger charge is -2.20. The van der Waals surface area contributed by atoms with Gasteiger partial charge in [0, 0.05) is 18.7 Å². The molecule has 0 saturated carbocycles. The van der Waals surface area contributed by atoms with Gasteiger partial charge in [0.2, 0.25) is 0 Å². The van der Waals surface area contributed by atoms with Gasteiger partial charge in [0.25, 0.3) is 0 Å². The van der Waals surface area contributed by atoms with E-state index < -0.39 is 16.5 Å². The molecule has 16 heavy (non-hydrogen) atoms. The van der Waals surface area contributed by atoms with E-state index in [1.54, 1.807) is 20.8 Å². The van der Waals surface area contributed by atoms with Gasteiger partial charge in [0.05, 0.1) is 5.41 Å². The van der Waals surface area contributed by atoms with Crippen LogP contribution in [0.1, 0.15) is 27.2 Å². The van der Waals surface area contributed by atoms with Crippen LogP contribution < -0.4 is 5.32 Å². The fourth-order valence-corrected chi connectivity index (χ4v) is 2.12. The third kappa shape index (κ3) is 4.19. The zero-order chi connectivity index (χ0) is 12.3. The summed E-state index contributed by atoms with van der Waals surface area (Å²) in [4.78, 5) is 11.6. The van der Waals surface area contributed by atoms with E-state index in [0.29, 0.717) is 13.0 Å². The van der Waals surface area contributed by atoms with E-state index in [1.165, 1.54) is 0 Å². The van der Waals surface area contributed by atoms with Crippen LogP contribution in [0, 0.1) is 11.3 Å². The summed E-state index contributed by atoms with van der Waals surface area (Å²) in [7, 11) is 0. The van der Waals surface area contributed by atoms with Gasteiger partial charge in [-0.2, -0.15) is 0 Å². The summed E-state index contributed by atoms with van der Waals surface area (Å²) in [6.07, 6.45) is 0.218. The van der Waals surface area contributed by atoms with Crippen molar-refractivity contribution < 1.29 is 18.3 Å². The molecule has 6 heteroatoms. The van der Waals surface area contributed by atoms with E-state index in [4.69, 9.17) is 4.74 Å². The second kappa shape index (κ2) is 5.25. The van der Waals surface area contributed by atoms with E-state index >= 15 is 0 Å². The summed E-state index contributed by atoms with van der Waals surface area (Å²) in [5.41, 5.74) is -0.527. The number of hydrogen-bond donors (Lipinski definition) is 1. The third-order valence-corrected chi connectivity index (χ3v) is 3.16. The Balaban J connectivity index is 2.37. The van der Waals surface area contributed by atoms with Gasteiger partial charge in [0.15, 0.2) is 6.23 Å². The lowest BCUT2D eigenvalue weighted by atomic mass is 9.97. The van der Waals surface area contributed by atoms with Crippen LogP contribution in [-0.4, -0.2) is 33.3 Å². The summed E-state index contributed by atoms with van der Waals surface area (Å²) >= 11 is -2.03. The largest absolute Gasteiger partial charge is 0.772 e. The number of rotatable bonds is 3. The normalized spacial score (nSPS) is 27.8. The molecular weight excluding hydrogens is 230 g/mol. The highest BCUT2D eigenvalue weighted by atomic mass is 32.2. The van der Waals surface area contributed by atoms with Gasteiger partial charge in [-0.1, -0.05) is 11.1 Å². The standard InChI is InChI=1S/C10H19NO4S/c1-10(2,3)9(12)15-8-4-7(5-11-8)6-16(13)14/h7-8,11H,4-6H2,1-3H3,(H,13,14)/p-1. The Morgan fingerprint density at radius 2 is 2.19 bits per heavy atom. The second-order valence-electron chi connectivity index (χ2n) is 5.12. The predicted octanol–water partition coefficient (Wildman–Crippen LogP) is 0.390. The molecule has 1 aliphatic rings. The van der Waals surface area contributed by atoms with E-state index in [0.717, 1.165) is 0 Å². The van der Waals surface area contributed by atoms with Crippen molar-refractivity contribution >= 4 is 17.0 Å². The maximum atomic E-state index is 11.6. The molecule has 1 N–H and O–H groups in total. The molecule has 0 spiro atoms. The van der Waals surface area contributed by atoms with Crippen LogP contribution in [0.5, 0.6) is 0 Å². The maximum Gasteiger partial charge on any atom is 0.312 e. The number of nitrogens with one attached hydrogen (secondary N) is 1. The van der Waals surface area contributed by atoms with Crippen LogP contribution in [0.2, 0.25) is 0 Å². The monoisotopic (exact) mass is 248 g/mol. The lowest BCUT2D eigenvalue weighted by molar-refractivity contribution is -0.159. The summed E-state index contributed by atoms with van der Waals surface area (Å²) in [6.45, 7) is 5.94. The van der Waals surface area contributed by atoms with Crippen molar-refractivity contribution in [1.82, 2.24) is 5.32 Å². The minimum atomic E-state index is -2.03. The van der Waals surface area contributed by atoms with Crippen molar-refractivity contribution in [3.05, 3.63) is 0 Å². The molecule has 94 valence electrons. The van der Waals surface area contributed by atoms with Crippen LogP contribution >= 0.6 is 0 Å². The zero-order valence-electron chi connectivity index (χ0n) is 9.82. The van der Waals surface area contributed by atoms with Crippen molar-refractivity contribution in [2.75, 3.05) is 12.3 Å². The van der Waals surface area contributed by atoms with Crippen LogP contribution in [0.3, 0.4) is 0 Å². The van der Waals surface area contributed by atoms with Crippen LogP contribution in [0.15, 0.2) is 0 Å². The first-order valence-corrected chi connectivity index (χ1v) is 6.54.